The molecule has 0 unspecified atom stereocenters. The van der Waals surface area contributed by atoms with Crippen LogP contribution in [0.5, 0.6) is 5.75 Å². The molecule has 0 aliphatic carbocycles. The van der Waals surface area contributed by atoms with Crippen molar-refractivity contribution < 1.29 is 41.4 Å². The number of aryl methyl sites for hydroxylation is 1. The number of rotatable bonds is 7. The van der Waals surface area contributed by atoms with E-state index in [0.717, 1.165) is 0 Å². The summed E-state index contributed by atoms with van der Waals surface area (Å²) in [5.41, 5.74) is 0.825. The Morgan fingerprint density at radius 2 is 1.81 bits per heavy atom. The first-order chi connectivity index (χ1) is 17.2. The van der Waals surface area contributed by atoms with Crippen molar-refractivity contribution in [1.82, 2.24) is 4.31 Å². The number of benzene rings is 2. The van der Waals surface area contributed by atoms with Crippen molar-refractivity contribution in [3.63, 3.8) is 0 Å². The molecule has 0 spiro atoms. The quantitative estimate of drug-likeness (QED) is 0.233. The maximum atomic E-state index is 12.9. The minimum absolute atomic E-state index is 0.0539. The van der Waals surface area contributed by atoms with Gasteiger partial charge in [0, 0.05) is 13.1 Å². The van der Waals surface area contributed by atoms with Crippen LogP contribution in [0.3, 0.4) is 0 Å². The van der Waals surface area contributed by atoms with E-state index in [1.165, 1.54) is 34.6 Å². The molecule has 1 fully saturated rings. The Morgan fingerprint density at radius 1 is 1.14 bits per heavy atom. The fourth-order valence-corrected chi connectivity index (χ4v) is 5.79. The number of hydrogen-bond acceptors (Lipinski definition) is 9. The monoisotopic (exact) mass is 579 g/mol. The molecule has 2 aromatic carbocycles. The smallest absolute Gasteiger partial charge is 0.343 e. The summed E-state index contributed by atoms with van der Waals surface area (Å²) in [7, 11) is -3.71. The molecule has 3 aromatic rings. The number of hydrogen-bond donors (Lipinski definition) is 0. The van der Waals surface area contributed by atoms with Crippen LogP contribution in [0.25, 0.3) is 11.0 Å². The zero-order valence-corrected chi connectivity index (χ0v) is 21.8. The number of esters is 2. The molecule has 0 saturated carbocycles. The van der Waals surface area contributed by atoms with Gasteiger partial charge in [-0.1, -0.05) is 0 Å². The highest BCUT2D eigenvalue weighted by atomic mass is 79.9. The highest BCUT2D eigenvalue weighted by Crippen LogP contribution is 2.40. The minimum atomic E-state index is -3.71. The van der Waals surface area contributed by atoms with Gasteiger partial charge in [-0.3, -0.25) is 4.79 Å². The third kappa shape index (κ3) is 4.81. The number of carbonyl (C=O) groups is 3. The number of carbonyl (C=O) groups excluding carboxylic acids is 3. The van der Waals surface area contributed by atoms with Gasteiger partial charge in [0.2, 0.25) is 10.0 Å². The van der Waals surface area contributed by atoms with Gasteiger partial charge < -0.3 is 18.6 Å². The molecule has 4 rings (SSSR count). The van der Waals surface area contributed by atoms with E-state index in [9.17, 15) is 22.8 Å². The van der Waals surface area contributed by atoms with Crippen LogP contribution >= 0.6 is 15.9 Å². The Balaban J connectivity index is 1.64. The predicted molar refractivity (Wildman–Crippen MR) is 131 cm³/mol. The number of fused-ring (bicyclic) bond motifs is 1. The third-order valence-electron chi connectivity index (χ3n) is 5.56. The topological polar surface area (TPSA) is 129 Å². The summed E-state index contributed by atoms with van der Waals surface area (Å²) in [6.45, 7) is 4.56. The average molecular weight is 580 g/mol. The lowest BCUT2D eigenvalue weighted by Gasteiger charge is -2.26. The molecule has 0 radical (unpaired) electrons. The molecule has 0 amide bonds. The number of morpholine rings is 1. The standard InChI is InChI=1S/C24H22BrNO9S/c1-3-33-24(29)19-18(13-27)34-22-14(2)12-17(21(25)20(19)22)35-23(28)15-4-6-16(7-5-15)36(30,31)26-8-10-32-11-9-26/h4-7,12-13H,3,8-11H2,1-2H3. The molecule has 10 nitrogen and oxygen atoms in total. The number of aldehydes is 1. The van der Waals surface area contributed by atoms with Gasteiger partial charge in [0.15, 0.2) is 12.0 Å². The minimum Gasteiger partial charge on any atom is -0.462 e. The molecule has 1 saturated heterocycles. The van der Waals surface area contributed by atoms with Crippen LogP contribution in [-0.2, 0) is 19.5 Å². The second kappa shape index (κ2) is 10.5. The second-order valence-corrected chi connectivity index (χ2v) is 10.6. The molecule has 0 atom stereocenters. The normalized spacial score (nSPS) is 14.5. The molecular weight excluding hydrogens is 558 g/mol. The number of furan rings is 1. The maximum Gasteiger partial charge on any atom is 0.343 e. The maximum absolute atomic E-state index is 12.9. The second-order valence-electron chi connectivity index (χ2n) is 7.82. The van der Waals surface area contributed by atoms with Crippen molar-refractivity contribution in [2.24, 2.45) is 0 Å². The van der Waals surface area contributed by atoms with Crippen molar-refractivity contribution in [2.45, 2.75) is 18.7 Å². The zero-order valence-electron chi connectivity index (χ0n) is 19.4. The lowest BCUT2D eigenvalue weighted by Crippen LogP contribution is -2.40. The Bertz CT molecular complexity index is 1440. The van der Waals surface area contributed by atoms with E-state index in [0.29, 0.717) is 25.1 Å². The van der Waals surface area contributed by atoms with Gasteiger partial charge in [-0.15, -0.1) is 0 Å². The Hall–Kier alpha value is -3.06. The van der Waals surface area contributed by atoms with Crippen molar-refractivity contribution >= 4 is 55.1 Å². The molecule has 1 aromatic heterocycles. The Kier molecular flexibility index (Phi) is 7.59. The van der Waals surface area contributed by atoms with Gasteiger partial charge in [-0.2, -0.15) is 4.31 Å². The number of sulfonamides is 1. The van der Waals surface area contributed by atoms with Gasteiger partial charge in [0.25, 0.3) is 0 Å². The van der Waals surface area contributed by atoms with Crippen molar-refractivity contribution in [3.05, 3.63) is 57.3 Å². The SMILES string of the molecule is CCOC(=O)c1c(C=O)oc2c(C)cc(OC(=O)c3ccc(S(=O)(=O)N4CCOCC4)cc3)c(Br)c12. The van der Waals surface area contributed by atoms with E-state index >= 15 is 0 Å². The highest BCUT2D eigenvalue weighted by Gasteiger charge is 2.28. The number of ether oxygens (including phenoxy) is 3. The summed E-state index contributed by atoms with van der Waals surface area (Å²) in [4.78, 5) is 37.0. The lowest BCUT2D eigenvalue weighted by molar-refractivity contribution is 0.0524. The molecule has 12 heteroatoms. The first kappa shape index (κ1) is 26.0. The van der Waals surface area contributed by atoms with Crippen LogP contribution in [0.15, 0.2) is 44.1 Å². The van der Waals surface area contributed by atoms with E-state index in [1.807, 2.05) is 0 Å². The summed E-state index contributed by atoms with van der Waals surface area (Å²) >= 11 is 3.36. The van der Waals surface area contributed by atoms with Crippen LogP contribution < -0.4 is 4.74 Å². The lowest BCUT2D eigenvalue weighted by atomic mass is 10.1. The van der Waals surface area contributed by atoms with Crippen LogP contribution in [0.2, 0.25) is 0 Å². The molecule has 36 heavy (non-hydrogen) atoms. The summed E-state index contributed by atoms with van der Waals surface area (Å²) < 4.78 is 48.5. The van der Waals surface area contributed by atoms with Crippen LogP contribution in [0.1, 0.15) is 43.8 Å². The molecular formula is C24H22BrNO9S. The Labute approximate surface area is 215 Å². The number of halogens is 1. The van der Waals surface area contributed by atoms with E-state index in [4.69, 9.17) is 18.6 Å². The Morgan fingerprint density at radius 3 is 2.42 bits per heavy atom. The van der Waals surface area contributed by atoms with Gasteiger partial charge in [0.1, 0.15) is 16.9 Å². The fraction of sp³-hybridized carbons (Fsp3) is 0.292. The van der Waals surface area contributed by atoms with Gasteiger partial charge >= 0.3 is 11.9 Å². The summed E-state index contributed by atoms with van der Waals surface area (Å²) in [6, 6.07) is 6.93. The van der Waals surface area contributed by atoms with Crippen molar-refractivity contribution in [2.75, 3.05) is 32.9 Å². The van der Waals surface area contributed by atoms with E-state index < -0.39 is 22.0 Å². The van der Waals surface area contributed by atoms with Crippen LogP contribution in [-0.4, -0.2) is 63.9 Å². The first-order valence-electron chi connectivity index (χ1n) is 11.0. The van der Waals surface area contributed by atoms with E-state index in [-0.39, 0.29) is 62.7 Å². The van der Waals surface area contributed by atoms with Crippen molar-refractivity contribution in [3.8, 4) is 5.75 Å². The van der Waals surface area contributed by atoms with Gasteiger partial charge in [-0.25, -0.2) is 18.0 Å². The molecule has 190 valence electrons. The predicted octanol–water partition coefficient (Wildman–Crippen LogP) is 3.73. The highest BCUT2D eigenvalue weighted by molar-refractivity contribution is 9.10. The van der Waals surface area contributed by atoms with E-state index in [2.05, 4.69) is 15.9 Å². The zero-order chi connectivity index (χ0) is 26.0. The fourth-order valence-electron chi connectivity index (χ4n) is 3.81. The first-order valence-corrected chi connectivity index (χ1v) is 13.2. The van der Waals surface area contributed by atoms with Crippen LogP contribution in [0, 0.1) is 6.92 Å². The molecule has 1 aliphatic heterocycles. The molecule has 2 heterocycles. The van der Waals surface area contributed by atoms with Crippen molar-refractivity contribution in [1.29, 1.82) is 0 Å². The van der Waals surface area contributed by atoms with E-state index in [1.54, 1.807) is 13.8 Å². The summed E-state index contributed by atoms with van der Waals surface area (Å²) in [5.74, 6) is -1.62. The van der Waals surface area contributed by atoms with Gasteiger partial charge in [-0.05, 0) is 65.7 Å². The van der Waals surface area contributed by atoms with Gasteiger partial charge in [0.05, 0.1) is 40.1 Å². The van der Waals surface area contributed by atoms with Crippen LogP contribution in [0.4, 0.5) is 0 Å². The largest absolute Gasteiger partial charge is 0.462 e. The molecule has 0 N–H and O–H groups in total. The molecule has 1 aliphatic rings. The molecule has 0 bridgehead atoms. The average Bonchev–Trinajstić information content (AvgIpc) is 3.28. The number of nitrogens with zero attached hydrogens (tertiary/aromatic N) is 1. The summed E-state index contributed by atoms with van der Waals surface area (Å²) in [5, 5.41) is 0.241. The summed E-state index contributed by atoms with van der Waals surface area (Å²) in [6.07, 6.45) is 0.413. The third-order valence-corrected chi connectivity index (χ3v) is 8.26.